The van der Waals surface area contributed by atoms with Crippen molar-refractivity contribution in [1.82, 2.24) is 19.7 Å². The van der Waals surface area contributed by atoms with E-state index in [0.717, 1.165) is 35.3 Å². The van der Waals surface area contributed by atoms with E-state index in [4.69, 9.17) is 0 Å². The third-order valence-electron chi connectivity index (χ3n) is 4.87. The van der Waals surface area contributed by atoms with Crippen LogP contribution in [0.4, 0.5) is 5.82 Å². The van der Waals surface area contributed by atoms with E-state index in [2.05, 4.69) is 24.6 Å². The van der Waals surface area contributed by atoms with Gasteiger partial charge in [-0.25, -0.2) is 23.1 Å². The summed E-state index contributed by atoms with van der Waals surface area (Å²) in [5.74, 6) is 0.882. The maximum atomic E-state index is 12.3. The van der Waals surface area contributed by atoms with Crippen LogP contribution in [0.2, 0.25) is 0 Å². The highest BCUT2D eigenvalue weighted by atomic mass is 32.2. The van der Waals surface area contributed by atoms with Crippen molar-refractivity contribution in [3.63, 3.8) is 0 Å². The van der Waals surface area contributed by atoms with Gasteiger partial charge in [0.05, 0.1) is 11.1 Å². The van der Waals surface area contributed by atoms with E-state index in [9.17, 15) is 8.42 Å². The molecule has 0 aliphatic heterocycles. The second-order valence-corrected chi connectivity index (χ2v) is 8.49. The quantitative estimate of drug-likeness (QED) is 0.692. The van der Waals surface area contributed by atoms with Gasteiger partial charge in [-0.3, -0.25) is 0 Å². The number of rotatable bonds is 6. The Balaban J connectivity index is 1.37. The average molecular weight is 371 g/mol. The first-order chi connectivity index (χ1) is 12.5. The number of aromatic nitrogens is 3. The van der Waals surface area contributed by atoms with Gasteiger partial charge >= 0.3 is 0 Å². The van der Waals surface area contributed by atoms with Gasteiger partial charge in [0.2, 0.25) is 10.0 Å². The summed E-state index contributed by atoms with van der Waals surface area (Å²) in [4.78, 5) is 13.8. The van der Waals surface area contributed by atoms with Crippen molar-refractivity contribution in [2.24, 2.45) is 0 Å². The lowest BCUT2D eigenvalue weighted by atomic mass is 9.86. The number of H-pyrrole nitrogens is 1. The van der Waals surface area contributed by atoms with Crippen LogP contribution in [-0.4, -0.2) is 42.5 Å². The minimum Gasteiger partial charge on any atom is -0.356 e. The van der Waals surface area contributed by atoms with Crippen molar-refractivity contribution in [1.29, 1.82) is 0 Å². The zero-order valence-corrected chi connectivity index (χ0v) is 15.3. The molecule has 2 N–H and O–H groups in total. The molecule has 4 rings (SSSR count). The summed E-state index contributed by atoms with van der Waals surface area (Å²) >= 11 is 0. The molecule has 0 spiro atoms. The summed E-state index contributed by atoms with van der Waals surface area (Å²) in [5, 5.41) is 0.975. The molecule has 0 atom stereocenters. The Bertz CT molecular complexity index is 997. The van der Waals surface area contributed by atoms with Gasteiger partial charge in [-0.1, -0.05) is 30.3 Å². The molecule has 26 heavy (non-hydrogen) atoms. The molecule has 2 heterocycles. The minimum atomic E-state index is -3.33. The van der Waals surface area contributed by atoms with E-state index in [0.29, 0.717) is 0 Å². The molecule has 0 unspecified atom stereocenters. The highest BCUT2D eigenvalue weighted by Gasteiger charge is 2.35. The van der Waals surface area contributed by atoms with Crippen LogP contribution < -0.4 is 9.62 Å². The van der Waals surface area contributed by atoms with Crippen LogP contribution in [-0.2, 0) is 15.8 Å². The molecule has 7 nitrogen and oxygen atoms in total. The summed E-state index contributed by atoms with van der Waals surface area (Å²) in [5.41, 5.74) is 1.60. The number of benzene rings is 1. The van der Waals surface area contributed by atoms with E-state index in [1.54, 1.807) is 6.33 Å². The van der Waals surface area contributed by atoms with Crippen LogP contribution in [0.1, 0.15) is 18.4 Å². The Hall–Kier alpha value is -2.45. The number of sulfonamides is 1. The Labute approximate surface area is 152 Å². The largest absolute Gasteiger partial charge is 0.356 e. The fourth-order valence-corrected chi connectivity index (χ4v) is 4.82. The standard InChI is InChI=1S/C18H21N5O2S/c1-23(18-16-7-8-19-17(16)20-12-21-18)15-9-14(10-15)22-26(24,25)11-13-5-3-2-4-6-13/h2-8,12,14-15,22H,9-11H2,1H3,(H,19,20,21). The predicted molar refractivity (Wildman–Crippen MR) is 101 cm³/mol. The monoisotopic (exact) mass is 371 g/mol. The van der Waals surface area contributed by atoms with E-state index in [-0.39, 0.29) is 17.8 Å². The average Bonchev–Trinajstić information content (AvgIpc) is 3.06. The summed E-state index contributed by atoms with van der Waals surface area (Å²) in [7, 11) is -1.34. The summed E-state index contributed by atoms with van der Waals surface area (Å²) in [6, 6.07) is 11.4. The fourth-order valence-electron chi connectivity index (χ4n) is 3.40. The van der Waals surface area contributed by atoms with Gasteiger partial charge in [-0.15, -0.1) is 0 Å². The van der Waals surface area contributed by atoms with Crippen molar-refractivity contribution in [2.75, 3.05) is 11.9 Å². The van der Waals surface area contributed by atoms with E-state index < -0.39 is 10.0 Å². The summed E-state index contributed by atoms with van der Waals surface area (Å²) in [6.07, 6.45) is 4.92. The molecule has 1 saturated carbocycles. The summed E-state index contributed by atoms with van der Waals surface area (Å²) < 4.78 is 27.5. The van der Waals surface area contributed by atoms with E-state index >= 15 is 0 Å². The van der Waals surface area contributed by atoms with Crippen LogP contribution in [0.5, 0.6) is 0 Å². The van der Waals surface area contributed by atoms with Gasteiger partial charge in [0.1, 0.15) is 17.8 Å². The number of aromatic amines is 1. The molecule has 1 aromatic carbocycles. The van der Waals surface area contributed by atoms with Gasteiger partial charge in [-0.05, 0) is 24.5 Å². The minimum absolute atomic E-state index is 0.0146. The number of hydrogen-bond donors (Lipinski definition) is 2. The van der Waals surface area contributed by atoms with E-state index in [1.807, 2.05) is 49.6 Å². The Morgan fingerprint density at radius 1 is 1.19 bits per heavy atom. The molecular weight excluding hydrogens is 350 g/mol. The van der Waals surface area contributed by atoms with Crippen molar-refractivity contribution >= 4 is 26.9 Å². The van der Waals surface area contributed by atoms with Crippen LogP contribution >= 0.6 is 0 Å². The van der Waals surface area contributed by atoms with E-state index in [1.165, 1.54) is 0 Å². The molecule has 2 aromatic heterocycles. The zero-order chi connectivity index (χ0) is 18.1. The van der Waals surface area contributed by atoms with Crippen LogP contribution in [0.25, 0.3) is 11.0 Å². The molecule has 0 amide bonds. The maximum absolute atomic E-state index is 12.3. The first kappa shape index (κ1) is 17.0. The third-order valence-corrected chi connectivity index (χ3v) is 6.28. The van der Waals surface area contributed by atoms with Gasteiger partial charge in [-0.2, -0.15) is 0 Å². The smallest absolute Gasteiger partial charge is 0.216 e. The molecule has 1 fully saturated rings. The van der Waals surface area contributed by atoms with Gasteiger partial charge < -0.3 is 9.88 Å². The highest BCUT2D eigenvalue weighted by Crippen LogP contribution is 2.31. The second kappa shape index (κ2) is 6.69. The Morgan fingerprint density at radius 3 is 2.73 bits per heavy atom. The van der Waals surface area contributed by atoms with Gasteiger partial charge in [0.25, 0.3) is 0 Å². The van der Waals surface area contributed by atoms with Crippen molar-refractivity contribution < 1.29 is 8.42 Å². The number of nitrogens with zero attached hydrogens (tertiary/aromatic N) is 3. The Kier molecular flexibility index (Phi) is 4.37. The molecule has 1 aliphatic rings. The maximum Gasteiger partial charge on any atom is 0.216 e. The highest BCUT2D eigenvalue weighted by molar-refractivity contribution is 7.88. The number of hydrogen-bond acceptors (Lipinski definition) is 5. The van der Waals surface area contributed by atoms with Crippen molar-refractivity contribution in [2.45, 2.75) is 30.7 Å². The zero-order valence-electron chi connectivity index (χ0n) is 14.5. The first-order valence-corrected chi connectivity index (χ1v) is 10.2. The summed E-state index contributed by atoms with van der Waals surface area (Å²) in [6.45, 7) is 0. The molecule has 0 radical (unpaired) electrons. The molecule has 136 valence electrons. The lowest BCUT2D eigenvalue weighted by Crippen LogP contribution is -2.53. The SMILES string of the molecule is CN(c1ncnc2[nH]ccc12)C1CC(NS(=O)(=O)Cc2ccccc2)C1. The molecule has 3 aromatic rings. The molecule has 8 heteroatoms. The van der Waals surface area contributed by atoms with Crippen LogP contribution in [0.3, 0.4) is 0 Å². The van der Waals surface area contributed by atoms with Crippen molar-refractivity contribution in [3.8, 4) is 0 Å². The topological polar surface area (TPSA) is 91.0 Å². The van der Waals surface area contributed by atoms with Gasteiger partial charge in [0, 0.05) is 25.3 Å². The van der Waals surface area contributed by atoms with Crippen LogP contribution in [0.15, 0.2) is 48.9 Å². The Morgan fingerprint density at radius 2 is 1.96 bits per heavy atom. The van der Waals surface area contributed by atoms with Crippen LogP contribution in [0, 0.1) is 0 Å². The molecule has 0 saturated heterocycles. The lowest BCUT2D eigenvalue weighted by Gasteiger charge is -2.41. The number of anilines is 1. The van der Waals surface area contributed by atoms with Crippen molar-refractivity contribution in [3.05, 3.63) is 54.5 Å². The number of fused-ring (bicyclic) bond motifs is 1. The third kappa shape index (κ3) is 3.42. The predicted octanol–water partition coefficient (Wildman–Crippen LogP) is 2.04. The fraction of sp³-hybridized carbons (Fsp3) is 0.333. The van der Waals surface area contributed by atoms with Gasteiger partial charge in [0.15, 0.2) is 0 Å². The first-order valence-electron chi connectivity index (χ1n) is 8.57. The molecule has 1 aliphatic carbocycles. The number of nitrogens with one attached hydrogen (secondary N) is 2. The lowest BCUT2D eigenvalue weighted by molar-refractivity contribution is 0.316. The molecule has 0 bridgehead atoms. The molecular formula is C18H21N5O2S. The normalized spacial score (nSPS) is 20.0. The second-order valence-electron chi connectivity index (χ2n) is 6.73.